The highest BCUT2D eigenvalue weighted by atomic mass is 32.2. The Balaban J connectivity index is 1.49. The minimum atomic E-state index is -0.279. The van der Waals surface area contributed by atoms with Gasteiger partial charge in [0, 0.05) is 6.54 Å². The molecule has 130 valence electrons. The van der Waals surface area contributed by atoms with E-state index < -0.39 is 0 Å². The maximum Gasteiger partial charge on any atom is 0.230 e. The number of halogens is 1. The zero-order chi connectivity index (χ0) is 17.6. The fraction of sp³-hybridized carbons (Fsp3) is 0.250. The zero-order valence-electron chi connectivity index (χ0n) is 13.5. The summed E-state index contributed by atoms with van der Waals surface area (Å²) in [6.07, 6.45) is 1.58. The number of aromatic nitrogens is 4. The summed E-state index contributed by atoms with van der Waals surface area (Å²) in [5.74, 6) is 0.420. The molecule has 1 aromatic carbocycles. The maximum atomic E-state index is 13.5. The van der Waals surface area contributed by atoms with Crippen LogP contribution in [0.2, 0.25) is 0 Å². The van der Waals surface area contributed by atoms with Gasteiger partial charge in [-0.1, -0.05) is 23.9 Å². The normalized spacial score (nSPS) is 10.8. The van der Waals surface area contributed by atoms with Crippen LogP contribution in [-0.2, 0) is 17.9 Å². The van der Waals surface area contributed by atoms with E-state index in [9.17, 15) is 9.18 Å². The lowest BCUT2D eigenvalue weighted by Crippen LogP contribution is -2.24. The number of aryl methyl sites for hydroxylation is 1. The fourth-order valence-corrected chi connectivity index (χ4v) is 2.78. The molecule has 0 fully saturated rings. The summed E-state index contributed by atoms with van der Waals surface area (Å²) in [7, 11) is 0. The van der Waals surface area contributed by atoms with Crippen molar-refractivity contribution >= 4 is 17.7 Å². The topological polar surface area (TPSA) is 85.8 Å². The third-order valence-electron chi connectivity index (χ3n) is 3.44. The molecule has 0 saturated carbocycles. The van der Waals surface area contributed by atoms with Gasteiger partial charge in [0.15, 0.2) is 0 Å². The summed E-state index contributed by atoms with van der Waals surface area (Å²) in [5.41, 5.74) is 1.29. The molecule has 1 N–H and O–H groups in total. The quantitative estimate of drug-likeness (QED) is 0.649. The predicted molar refractivity (Wildman–Crippen MR) is 89.3 cm³/mol. The summed E-state index contributed by atoms with van der Waals surface area (Å²) in [5, 5.41) is 14.7. The fourth-order valence-electron chi connectivity index (χ4n) is 2.08. The van der Waals surface area contributed by atoms with Crippen molar-refractivity contribution in [1.82, 2.24) is 25.5 Å². The van der Waals surface area contributed by atoms with E-state index in [1.165, 1.54) is 17.8 Å². The molecule has 0 aliphatic heterocycles. The second kappa shape index (κ2) is 7.93. The van der Waals surface area contributed by atoms with Crippen molar-refractivity contribution in [3.8, 4) is 0 Å². The number of benzene rings is 1. The van der Waals surface area contributed by atoms with Gasteiger partial charge < -0.3 is 9.73 Å². The van der Waals surface area contributed by atoms with Crippen molar-refractivity contribution in [3.63, 3.8) is 0 Å². The van der Waals surface area contributed by atoms with E-state index in [4.69, 9.17) is 4.42 Å². The van der Waals surface area contributed by atoms with Crippen molar-refractivity contribution in [2.45, 2.75) is 25.2 Å². The number of carbonyl (C=O) groups excluding carboxylic acids is 1. The zero-order valence-corrected chi connectivity index (χ0v) is 14.3. The predicted octanol–water partition coefficient (Wildman–Crippen LogP) is 2.17. The van der Waals surface area contributed by atoms with Crippen LogP contribution < -0.4 is 5.32 Å². The first-order valence-electron chi connectivity index (χ1n) is 7.55. The van der Waals surface area contributed by atoms with Gasteiger partial charge >= 0.3 is 0 Å². The third-order valence-corrected chi connectivity index (χ3v) is 4.40. The SMILES string of the molecule is Cc1ccc(CNC(=O)CSc2nnnn2Cc2ccco2)cc1F. The van der Waals surface area contributed by atoms with E-state index in [0.29, 0.717) is 22.8 Å². The molecule has 2 aromatic heterocycles. The van der Waals surface area contributed by atoms with Gasteiger partial charge in [-0.2, -0.15) is 0 Å². The lowest BCUT2D eigenvalue weighted by molar-refractivity contribution is -0.118. The molecule has 0 unspecified atom stereocenters. The number of hydrogen-bond donors (Lipinski definition) is 1. The average Bonchev–Trinajstić information content (AvgIpc) is 3.26. The Morgan fingerprint density at radius 3 is 3.04 bits per heavy atom. The van der Waals surface area contributed by atoms with Gasteiger partial charge in [-0.3, -0.25) is 4.79 Å². The second-order valence-electron chi connectivity index (χ2n) is 5.35. The van der Waals surface area contributed by atoms with Crippen LogP contribution in [0.4, 0.5) is 4.39 Å². The highest BCUT2D eigenvalue weighted by Gasteiger charge is 2.11. The summed E-state index contributed by atoms with van der Waals surface area (Å²) in [6.45, 7) is 2.36. The van der Waals surface area contributed by atoms with Crippen molar-refractivity contribution in [2.24, 2.45) is 0 Å². The summed E-state index contributed by atoms with van der Waals surface area (Å²) < 4.78 is 20.3. The van der Waals surface area contributed by atoms with Crippen LogP contribution in [0, 0.1) is 12.7 Å². The van der Waals surface area contributed by atoms with Crippen LogP contribution in [-0.4, -0.2) is 31.9 Å². The number of carbonyl (C=O) groups is 1. The van der Waals surface area contributed by atoms with E-state index in [0.717, 1.165) is 5.76 Å². The first-order valence-corrected chi connectivity index (χ1v) is 8.53. The lowest BCUT2D eigenvalue weighted by Gasteiger charge is -2.06. The highest BCUT2D eigenvalue weighted by Crippen LogP contribution is 2.15. The Hall–Kier alpha value is -2.68. The smallest absolute Gasteiger partial charge is 0.230 e. The standard InChI is InChI=1S/C16H16FN5O2S/c1-11-4-5-12(7-14(11)17)8-18-15(23)10-25-16-19-20-21-22(16)9-13-3-2-6-24-13/h2-7H,8-10H2,1H3,(H,18,23). The van der Waals surface area contributed by atoms with Crippen LogP contribution in [0.5, 0.6) is 0 Å². The Kier molecular flexibility index (Phi) is 5.44. The number of nitrogens with zero attached hydrogens (tertiary/aromatic N) is 4. The van der Waals surface area contributed by atoms with Crippen LogP contribution in [0.1, 0.15) is 16.9 Å². The van der Waals surface area contributed by atoms with Gasteiger partial charge in [0.25, 0.3) is 0 Å². The highest BCUT2D eigenvalue weighted by molar-refractivity contribution is 7.99. The molecule has 25 heavy (non-hydrogen) atoms. The van der Waals surface area contributed by atoms with E-state index in [1.54, 1.807) is 36.1 Å². The molecule has 0 aliphatic carbocycles. The van der Waals surface area contributed by atoms with Crippen LogP contribution in [0.3, 0.4) is 0 Å². The molecule has 2 heterocycles. The summed E-state index contributed by atoms with van der Waals surface area (Å²) >= 11 is 1.22. The monoisotopic (exact) mass is 361 g/mol. The van der Waals surface area contributed by atoms with Crippen LogP contribution in [0.25, 0.3) is 0 Å². The first kappa shape index (κ1) is 17.2. The molecule has 0 aliphatic rings. The largest absolute Gasteiger partial charge is 0.467 e. The summed E-state index contributed by atoms with van der Waals surface area (Å²) in [6, 6.07) is 8.51. The van der Waals surface area contributed by atoms with Crippen molar-refractivity contribution in [1.29, 1.82) is 0 Å². The summed E-state index contributed by atoms with van der Waals surface area (Å²) in [4.78, 5) is 12.0. The molecule has 0 radical (unpaired) electrons. The molecule has 9 heteroatoms. The Morgan fingerprint density at radius 2 is 2.28 bits per heavy atom. The number of nitrogens with one attached hydrogen (secondary N) is 1. The van der Waals surface area contributed by atoms with E-state index in [1.807, 2.05) is 6.07 Å². The molecule has 0 atom stereocenters. The van der Waals surface area contributed by atoms with Crippen LogP contribution in [0.15, 0.2) is 46.2 Å². The number of hydrogen-bond acceptors (Lipinski definition) is 6. The molecule has 3 rings (SSSR count). The maximum absolute atomic E-state index is 13.5. The molecule has 3 aromatic rings. The second-order valence-corrected chi connectivity index (χ2v) is 6.29. The molecular weight excluding hydrogens is 345 g/mol. The van der Waals surface area contributed by atoms with E-state index in [2.05, 4.69) is 20.8 Å². The lowest BCUT2D eigenvalue weighted by atomic mass is 10.1. The minimum Gasteiger partial charge on any atom is -0.467 e. The van der Waals surface area contributed by atoms with Gasteiger partial charge in [-0.25, -0.2) is 9.07 Å². The molecular formula is C16H16FN5O2S. The Morgan fingerprint density at radius 1 is 1.40 bits per heavy atom. The molecule has 7 nitrogen and oxygen atoms in total. The number of tetrazole rings is 1. The van der Waals surface area contributed by atoms with Crippen molar-refractivity contribution in [3.05, 3.63) is 59.3 Å². The van der Waals surface area contributed by atoms with E-state index >= 15 is 0 Å². The number of rotatable bonds is 7. The van der Waals surface area contributed by atoms with Gasteiger partial charge in [0.1, 0.15) is 18.1 Å². The minimum absolute atomic E-state index is 0.160. The van der Waals surface area contributed by atoms with Gasteiger partial charge in [-0.15, -0.1) is 5.10 Å². The molecule has 1 amide bonds. The number of amides is 1. The molecule has 0 spiro atoms. The van der Waals surface area contributed by atoms with E-state index in [-0.39, 0.29) is 24.0 Å². The molecule has 0 bridgehead atoms. The Bertz CT molecular complexity index is 850. The third kappa shape index (κ3) is 4.66. The number of thioether (sulfide) groups is 1. The van der Waals surface area contributed by atoms with Gasteiger partial charge in [0.05, 0.1) is 12.0 Å². The Labute approximate surface area is 147 Å². The molecule has 0 saturated heterocycles. The van der Waals surface area contributed by atoms with Crippen LogP contribution >= 0.6 is 11.8 Å². The van der Waals surface area contributed by atoms with Crippen molar-refractivity contribution < 1.29 is 13.6 Å². The van der Waals surface area contributed by atoms with Crippen molar-refractivity contribution in [2.75, 3.05) is 5.75 Å². The van der Waals surface area contributed by atoms with Gasteiger partial charge in [0.2, 0.25) is 11.1 Å². The van der Waals surface area contributed by atoms with Gasteiger partial charge in [-0.05, 0) is 46.7 Å². The average molecular weight is 361 g/mol. The number of furan rings is 1. The first-order chi connectivity index (χ1) is 12.1.